The van der Waals surface area contributed by atoms with Crippen molar-refractivity contribution in [2.75, 3.05) is 0 Å². The Morgan fingerprint density at radius 1 is 0.343 bits per heavy atom. The van der Waals surface area contributed by atoms with Crippen LogP contribution in [0.3, 0.4) is 0 Å². The Hall–Kier alpha value is -4.13. The molecule has 0 fully saturated rings. The molecule has 35 heavy (non-hydrogen) atoms. The SMILES string of the molecule is Clc1ccc(-c2cc(-c3ccc(-c4ccccc4)cc3)cc3cccc(-c4ccccc4)c23)cc1. The van der Waals surface area contributed by atoms with Gasteiger partial charge in [-0.1, -0.05) is 127 Å². The van der Waals surface area contributed by atoms with Crippen molar-refractivity contribution >= 4 is 22.4 Å². The minimum absolute atomic E-state index is 0.744. The summed E-state index contributed by atoms with van der Waals surface area (Å²) < 4.78 is 0. The van der Waals surface area contributed by atoms with E-state index in [2.05, 4.69) is 127 Å². The lowest BCUT2D eigenvalue weighted by molar-refractivity contribution is 1.59. The van der Waals surface area contributed by atoms with Crippen molar-refractivity contribution in [1.29, 1.82) is 0 Å². The van der Waals surface area contributed by atoms with Crippen LogP contribution in [-0.2, 0) is 0 Å². The van der Waals surface area contributed by atoms with Crippen LogP contribution in [0.2, 0.25) is 5.02 Å². The second-order valence-corrected chi connectivity index (χ2v) is 9.18. The van der Waals surface area contributed by atoms with Crippen molar-refractivity contribution in [3.05, 3.63) is 145 Å². The van der Waals surface area contributed by atoms with Gasteiger partial charge in [-0.15, -0.1) is 0 Å². The summed E-state index contributed by atoms with van der Waals surface area (Å²) >= 11 is 6.24. The van der Waals surface area contributed by atoms with E-state index in [0.717, 1.165) is 10.6 Å². The lowest BCUT2D eigenvalue weighted by atomic mass is 9.88. The van der Waals surface area contributed by atoms with E-state index in [1.54, 1.807) is 0 Å². The van der Waals surface area contributed by atoms with E-state index in [1.807, 2.05) is 12.1 Å². The molecule has 0 aliphatic carbocycles. The fourth-order valence-electron chi connectivity index (χ4n) is 4.80. The quantitative estimate of drug-likeness (QED) is 0.242. The second kappa shape index (κ2) is 9.25. The van der Waals surface area contributed by atoms with Gasteiger partial charge in [0.2, 0.25) is 0 Å². The van der Waals surface area contributed by atoms with E-state index >= 15 is 0 Å². The number of halogens is 1. The van der Waals surface area contributed by atoms with Crippen molar-refractivity contribution in [3.8, 4) is 44.5 Å². The maximum absolute atomic E-state index is 6.24. The topological polar surface area (TPSA) is 0 Å². The van der Waals surface area contributed by atoms with Gasteiger partial charge >= 0.3 is 0 Å². The van der Waals surface area contributed by atoms with Gasteiger partial charge in [-0.2, -0.15) is 0 Å². The summed E-state index contributed by atoms with van der Waals surface area (Å²) in [5.41, 5.74) is 9.67. The first-order chi connectivity index (χ1) is 17.3. The fourth-order valence-corrected chi connectivity index (χ4v) is 4.92. The third-order valence-electron chi connectivity index (χ3n) is 6.54. The molecular weight excluding hydrogens is 444 g/mol. The smallest absolute Gasteiger partial charge is 0.0406 e. The Morgan fingerprint density at radius 3 is 1.51 bits per heavy atom. The summed E-state index contributed by atoms with van der Waals surface area (Å²) in [6.45, 7) is 0. The highest BCUT2D eigenvalue weighted by Crippen LogP contribution is 2.40. The molecule has 0 unspecified atom stereocenters. The minimum atomic E-state index is 0.744. The van der Waals surface area contributed by atoms with Crippen molar-refractivity contribution in [3.63, 3.8) is 0 Å². The molecule has 6 rings (SSSR count). The Labute approximate surface area is 211 Å². The van der Waals surface area contributed by atoms with Crippen molar-refractivity contribution in [2.24, 2.45) is 0 Å². The van der Waals surface area contributed by atoms with Crippen LogP contribution in [0.15, 0.2) is 140 Å². The summed E-state index contributed by atoms with van der Waals surface area (Å²) in [6, 6.07) is 49.3. The molecule has 0 aliphatic rings. The standard InChI is InChI=1S/C34H23Cl/c35-31-20-18-28(19-21-31)33-23-30(26-16-14-25(15-17-26)24-8-3-1-4-9-24)22-29-12-7-13-32(34(29)33)27-10-5-2-6-11-27/h1-23H. The molecule has 6 aromatic rings. The van der Waals surface area contributed by atoms with Gasteiger partial charge in [0.15, 0.2) is 0 Å². The van der Waals surface area contributed by atoms with Crippen LogP contribution in [0.4, 0.5) is 0 Å². The van der Waals surface area contributed by atoms with Gasteiger partial charge in [-0.05, 0) is 79.5 Å². The molecule has 166 valence electrons. The number of hydrogen-bond donors (Lipinski definition) is 0. The average molecular weight is 467 g/mol. The van der Waals surface area contributed by atoms with Crippen LogP contribution in [0, 0.1) is 0 Å². The molecule has 0 atom stereocenters. The molecule has 0 bridgehead atoms. The Morgan fingerprint density at radius 2 is 0.857 bits per heavy atom. The Kier molecular flexibility index (Phi) is 5.66. The molecule has 0 saturated heterocycles. The van der Waals surface area contributed by atoms with Gasteiger partial charge in [0.1, 0.15) is 0 Å². The van der Waals surface area contributed by atoms with Crippen LogP contribution in [0.25, 0.3) is 55.3 Å². The summed E-state index contributed by atoms with van der Waals surface area (Å²) in [4.78, 5) is 0. The molecule has 0 radical (unpaired) electrons. The predicted octanol–water partition coefficient (Wildman–Crippen LogP) is 10.2. The molecule has 6 aromatic carbocycles. The van der Waals surface area contributed by atoms with Crippen LogP contribution in [0.1, 0.15) is 0 Å². The second-order valence-electron chi connectivity index (χ2n) is 8.74. The van der Waals surface area contributed by atoms with Crippen molar-refractivity contribution < 1.29 is 0 Å². The van der Waals surface area contributed by atoms with Gasteiger partial charge < -0.3 is 0 Å². The van der Waals surface area contributed by atoms with E-state index in [1.165, 1.54) is 49.7 Å². The zero-order valence-electron chi connectivity index (χ0n) is 19.2. The fraction of sp³-hybridized carbons (Fsp3) is 0. The molecule has 0 amide bonds. The molecule has 0 heterocycles. The molecule has 0 nitrogen and oxygen atoms in total. The van der Waals surface area contributed by atoms with E-state index in [4.69, 9.17) is 11.6 Å². The first-order valence-electron chi connectivity index (χ1n) is 11.8. The largest absolute Gasteiger partial charge is 0.0843 e. The van der Waals surface area contributed by atoms with Crippen LogP contribution in [-0.4, -0.2) is 0 Å². The Bertz CT molecular complexity index is 1600. The van der Waals surface area contributed by atoms with E-state index in [0.29, 0.717) is 0 Å². The molecule has 0 N–H and O–H groups in total. The normalized spacial score (nSPS) is 11.0. The van der Waals surface area contributed by atoms with Gasteiger partial charge in [-0.3, -0.25) is 0 Å². The van der Waals surface area contributed by atoms with Crippen LogP contribution >= 0.6 is 11.6 Å². The monoisotopic (exact) mass is 466 g/mol. The zero-order valence-corrected chi connectivity index (χ0v) is 19.9. The van der Waals surface area contributed by atoms with Crippen molar-refractivity contribution in [2.45, 2.75) is 0 Å². The highest BCUT2D eigenvalue weighted by Gasteiger charge is 2.13. The van der Waals surface area contributed by atoms with E-state index in [-0.39, 0.29) is 0 Å². The van der Waals surface area contributed by atoms with Gasteiger partial charge in [-0.25, -0.2) is 0 Å². The number of benzene rings is 6. The summed E-state index contributed by atoms with van der Waals surface area (Å²) in [7, 11) is 0. The predicted molar refractivity (Wildman–Crippen MR) is 151 cm³/mol. The van der Waals surface area contributed by atoms with Crippen LogP contribution < -0.4 is 0 Å². The number of hydrogen-bond acceptors (Lipinski definition) is 0. The van der Waals surface area contributed by atoms with Gasteiger partial charge in [0.05, 0.1) is 0 Å². The zero-order chi connectivity index (χ0) is 23.6. The molecule has 1 heteroatoms. The maximum atomic E-state index is 6.24. The van der Waals surface area contributed by atoms with Gasteiger partial charge in [0.25, 0.3) is 0 Å². The van der Waals surface area contributed by atoms with Gasteiger partial charge in [0, 0.05) is 5.02 Å². The highest BCUT2D eigenvalue weighted by atomic mass is 35.5. The average Bonchev–Trinajstić information content (AvgIpc) is 2.93. The Balaban J connectivity index is 1.55. The summed E-state index contributed by atoms with van der Waals surface area (Å²) in [5, 5.41) is 3.22. The maximum Gasteiger partial charge on any atom is 0.0406 e. The number of rotatable bonds is 4. The van der Waals surface area contributed by atoms with Crippen molar-refractivity contribution in [1.82, 2.24) is 0 Å². The van der Waals surface area contributed by atoms with E-state index in [9.17, 15) is 0 Å². The molecule has 0 aromatic heterocycles. The first kappa shape index (κ1) is 21.4. The van der Waals surface area contributed by atoms with E-state index < -0.39 is 0 Å². The third-order valence-corrected chi connectivity index (χ3v) is 6.79. The molecule has 0 spiro atoms. The first-order valence-corrected chi connectivity index (χ1v) is 12.2. The highest BCUT2D eigenvalue weighted by molar-refractivity contribution is 6.30. The minimum Gasteiger partial charge on any atom is -0.0843 e. The number of fused-ring (bicyclic) bond motifs is 1. The molecular formula is C34H23Cl. The molecule has 0 aliphatic heterocycles. The third kappa shape index (κ3) is 4.25. The molecule has 0 saturated carbocycles. The summed E-state index contributed by atoms with van der Waals surface area (Å²) in [5.74, 6) is 0. The lowest BCUT2D eigenvalue weighted by Gasteiger charge is -2.16. The summed E-state index contributed by atoms with van der Waals surface area (Å²) in [6.07, 6.45) is 0. The van der Waals surface area contributed by atoms with Crippen LogP contribution in [0.5, 0.6) is 0 Å². The lowest BCUT2D eigenvalue weighted by Crippen LogP contribution is -1.89.